The molecular formula is C24H31IN4O3. The van der Waals surface area contributed by atoms with E-state index in [1.54, 1.807) is 7.05 Å². The van der Waals surface area contributed by atoms with Crippen molar-refractivity contribution in [1.29, 1.82) is 0 Å². The second-order valence-electron chi connectivity index (χ2n) is 7.96. The Morgan fingerprint density at radius 1 is 1.03 bits per heavy atom. The Balaban J connectivity index is 0.00000289. The van der Waals surface area contributed by atoms with Gasteiger partial charge >= 0.3 is 0 Å². The summed E-state index contributed by atoms with van der Waals surface area (Å²) >= 11 is 0. The lowest BCUT2D eigenvalue weighted by Gasteiger charge is -2.14. The molecule has 1 heterocycles. The van der Waals surface area contributed by atoms with Crippen molar-refractivity contribution >= 4 is 41.5 Å². The maximum Gasteiger partial charge on any atom is 0.231 e. The quantitative estimate of drug-likeness (QED) is 0.275. The Morgan fingerprint density at radius 3 is 2.66 bits per heavy atom. The number of hydrogen-bond donors (Lipinski definition) is 3. The van der Waals surface area contributed by atoms with Gasteiger partial charge in [0.05, 0.1) is 0 Å². The highest BCUT2D eigenvalue weighted by atomic mass is 127. The Kier molecular flexibility index (Phi) is 9.01. The molecular weight excluding hydrogens is 519 g/mol. The second-order valence-corrected chi connectivity index (χ2v) is 7.96. The Hall–Kier alpha value is -2.49. The number of halogens is 1. The van der Waals surface area contributed by atoms with Crippen molar-refractivity contribution in [3.05, 3.63) is 53.6 Å². The third-order valence-corrected chi connectivity index (χ3v) is 5.75. The van der Waals surface area contributed by atoms with Crippen molar-refractivity contribution < 1.29 is 14.3 Å². The van der Waals surface area contributed by atoms with Crippen LogP contribution in [-0.4, -0.2) is 32.3 Å². The number of benzene rings is 2. The van der Waals surface area contributed by atoms with Crippen LogP contribution in [0.1, 0.15) is 36.8 Å². The smallest absolute Gasteiger partial charge is 0.231 e. The molecule has 0 aromatic heterocycles. The van der Waals surface area contributed by atoms with Gasteiger partial charge in [0, 0.05) is 31.7 Å². The molecule has 32 heavy (non-hydrogen) atoms. The van der Waals surface area contributed by atoms with E-state index < -0.39 is 0 Å². The average Bonchev–Trinajstić information content (AvgIpc) is 3.48. The summed E-state index contributed by atoms with van der Waals surface area (Å²) in [5, 5.41) is 9.73. The Bertz CT molecular complexity index is 945. The van der Waals surface area contributed by atoms with Gasteiger partial charge < -0.3 is 25.4 Å². The first kappa shape index (κ1) is 24.2. The number of ether oxygens (including phenoxy) is 2. The molecule has 1 saturated carbocycles. The van der Waals surface area contributed by atoms with Crippen LogP contribution in [0.5, 0.6) is 11.5 Å². The summed E-state index contributed by atoms with van der Waals surface area (Å²) < 4.78 is 10.8. The van der Waals surface area contributed by atoms with Crippen LogP contribution in [-0.2, 0) is 17.8 Å². The van der Waals surface area contributed by atoms with Gasteiger partial charge in [0.1, 0.15) is 0 Å². The van der Waals surface area contributed by atoms with Gasteiger partial charge in [-0.3, -0.25) is 9.79 Å². The van der Waals surface area contributed by atoms with E-state index >= 15 is 0 Å². The van der Waals surface area contributed by atoms with Crippen LogP contribution in [0.15, 0.2) is 47.5 Å². The molecule has 2 aromatic rings. The Labute approximate surface area is 206 Å². The average molecular weight is 550 g/mol. The predicted octanol–water partition coefficient (Wildman–Crippen LogP) is 4.07. The van der Waals surface area contributed by atoms with Gasteiger partial charge in [-0.25, -0.2) is 0 Å². The zero-order chi connectivity index (χ0) is 21.5. The lowest BCUT2D eigenvalue weighted by molar-refractivity contribution is -0.119. The number of aliphatic imine (C=N–C) groups is 1. The molecule has 2 aromatic carbocycles. The van der Waals surface area contributed by atoms with E-state index in [1.807, 2.05) is 36.4 Å². The Morgan fingerprint density at radius 2 is 1.84 bits per heavy atom. The maximum atomic E-state index is 12.4. The summed E-state index contributed by atoms with van der Waals surface area (Å²) in [4.78, 5) is 16.7. The highest BCUT2D eigenvalue weighted by molar-refractivity contribution is 14.0. The summed E-state index contributed by atoms with van der Waals surface area (Å²) in [6, 6.07) is 14.0. The normalized spacial score (nSPS) is 15.2. The molecule has 4 rings (SSSR count). The van der Waals surface area contributed by atoms with Crippen LogP contribution < -0.4 is 25.4 Å². The number of carbonyl (C=O) groups is 1. The van der Waals surface area contributed by atoms with Crippen molar-refractivity contribution in [3.8, 4) is 11.5 Å². The van der Waals surface area contributed by atoms with Crippen molar-refractivity contribution in [2.24, 2.45) is 10.9 Å². The van der Waals surface area contributed by atoms with Crippen LogP contribution in [0.3, 0.4) is 0 Å². The first-order chi connectivity index (χ1) is 15.2. The van der Waals surface area contributed by atoms with Crippen molar-refractivity contribution in [3.63, 3.8) is 0 Å². The highest BCUT2D eigenvalue weighted by Crippen LogP contribution is 2.32. The number of carbonyl (C=O) groups excluding carboxylic acids is 1. The van der Waals surface area contributed by atoms with E-state index in [0.717, 1.165) is 67.4 Å². The van der Waals surface area contributed by atoms with Gasteiger partial charge in [-0.2, -0.15) is 0 Å². The fourth-order valence-electron chi connectivity index (χ4n) is 4.02. The first-order valence-electron chi connectivity index (χ1n) is 10.9. The van der Waals surface area contributed by atoms with E-state index in [9.17, 15) is 4.79 Å². The van der Waals surface area contributed by atoms with Crippen LogP contribution in [0.25, 0.3) is 0 Å². The van der Waals surface area contributed by atoms with Gasteiger partial charge in [0.15, 0.2) is 17.5 Å². The number of hydrogen-bond acceptors (Lipinski definition) is 4. The van der Waals surface area contributed by atoms with Crippen molar-refractivity contribution in [2.75, 3.05) is 25.7 Å². The molecule has 0 radical (unpaired) electrons. The maximum absolute atomic E-state index is 12.4. The molecule has 1 fully saturated rings. The largest absolute Gasteiger partial charge is 0.454 e. The van der Waals surface area contributed by atoms with E-state index in [-0.39, 0.29) is 35.8 Å². The molecule has 0 atom stereocenters. The third kappa shape index (κ3) is 6.51. The molecule has 0 spiro atoms. The SMILES string of the molecule is CN=C(NCCc1ccc2c(c1)OCO2)NCc1cccc(NC(=O)C2CCCC2)c1.I. The standard InChI is InChI=1S/C24H30N4O3.HI/c1-25-24(26-12-11-17-9-10-21-22(14-17)31-16-30-21)27-15-18-5-4-8-20(13-18)28-23(29)19-6-2-3-7-19;/h4-5,8-10,13-14,19H,2-3,6-7,11-12,15-16H2,1H3,(H,28,29)(H2,25,26,27);1H. The number of anilines is 1. The molecule has 3 N–H and O–H groups in total. The predicted molar refractivity (Wildman–Crippen MR) is 137 cm³/mol. The zero-order valence-electron chi connectivity index (χ0n) is 18.4. The summed E-state index contributed by atoms with van der Waals surface area (Å²) in [7, 11) is 1.76. The molecule has 1 aliphatic heterocycles. The zero-order valence-corrected chi connectivity index (χ0v) is 20.7. The van der Waals surface area contributed by atoms with Crippen LogP contribution in [0.2, 0.25) is 0 Å². The third-order valence-electron chi connectivity index (χ3n) is 5.75. The summed E-state index contributed by atoms with van der Waals surface area (Å²) in [6.45, 7) is 1.66. The van der Waals surface area contributed by atoms with Gasteiger partial charge in [-0.1, -0.05) is 31.0 Å². The number of amides is 1. The lowest BCUT2D eigenvalue weighted by atomic mass is 10.1. The fourth-order valence-corrected chi connectivity index (χ4v) is 4.02. The minimum absolute atomic E-state index is 0. The number of nitrogens with one attached hydrogen (secondary N) is 3. The second kappa shape index (κ2) is 11.9. The summed E-state index contributed by atoms with van der Waals surface area (Å²) in [6.07, 6.45) is 5.16. The topological polar surface area (TPSA) is 84.0 Å². The van der Waals surface area contributed by atoms with Crippen LogP contribution in [0.4, 0.5) is 5.69 Å². The van der Waals surface area contributed by atoms with Gasteiger partial charge in [0.25, 0.3) is 0 Å². The molecule has 0 bridgehead atoms. The molecule has 8 heteroatoms. The molecule has 1 amide bonds. The van der Waals surface area contributed by atoms with Gasteiger partial charge in [-0.15, -0.1) is 24.0 Å². The molecule has 0 unspecified atom stereocenters. The monoisotopic (exact) mass is 550 g/mol. The number of fused-ring (bicyclic) bond motifs is 1. The fraction of sp³-hybridized carbons (Fsp3) is 0.417. The van der Waals surface area contributed by atoms with E-state index in [0.29, 0.717) is 13.3 Å². The van der Waals surface area contributed by atoms with Crippen molar-refractivity contribution in [2.45, 2.75) is 38.6 Å². The molecule has 1 aliphatic carbocycles. The lowest BCUT2D eigenvalue weighted by Crippen LogP contribution is -2.37. The number of guanidine groups is 1. The molecule has 7 nitrogen and oxygen atoms in total. The number of rotatable bonds is 7. The molecule has 2 aliphatic rings. The first-order valence-corrected chi connectivity index (χ1v) is 10.9. The minimum atomic E-state index is 0. The minimum Gasteiger partial charge on any atom is -0.454 e. The van der Waals surface area contributed by atoms with E-state index in [1.165, 1.54) is 5.56 Å². The summed E-state index contributed by atoms with van der Waals surface area (Å²) in [5.41, 5.74) is 3.11. The van der Waals surface area contributed by atoms with Crippen LogP contribution in [0, 0.1) is 5.92 Å². The van der Waals surface area contributed by atoms with Crippen molar-refractivity contribution in [1.82, 2.24) is 10.6 Å². The number of nitrogens with zero attached hydrogens (tertiary/aromatic N) is 1. The van der Waals surface area contributed by atoms with Gasteiger partial charge in [-0.05, 0) is 54.7 Å². The van der Waals surface area contributed by atoms with Gasteiger partial charge in [0.2, 0.25) is 12.7 Å². The van der Waals surface area contributed by atoms with E-state index in [4.69, 9.17) is 9.47 Å². The van der Waals surface area contributed by atoms with E-state index in [2.05, 4.69) is 27.0 Å². The molecule has 0 saturated heterocycles. The van der Waals surface area contributed by atoms with Crippen LogP contribution >= 0.6 is 24.0 Å². The molecule has 172 valence electrons. The summed E-state index contributed by atoms with van der Waals surface area (Å²) in [5.74, 6) is 2.65. The highest BCUT2D eigenvalue weighted by Gasteiger charge is 2.22.